The summed E-state index contributed by atoms with van der Waals surface area (Å²) >= 11 is 0. The number of carbonyl (C=O) groups excluding carboxylic acids is 1. The number of nitrogens with zero attached hydrogens (tertiary/aromatic N) is 7. The normalized spacial score (nSPS) is 21.1. The van der Waals surface area contributed by atoms with E-state index in [1.165, 1.54) is 4.90 Å². The maximum Gasteiger partial charge on any atom is 0.412 e. The topological polar surface area (TPSA) is 147 Å². The quantitative estimate of drug-likeness (QED) is 0.510. The van der Waals surface area contributed by atoms with Gasteiger partial charge in [-0.3, -0.25) is 4.90 Å². The maximum absolute atomic E-state index is 13.0. The Morgan fingerprint density at radius 3 is 2.71 bits per heavy atom. The number of likely N-dealkylation sites (N-methyl/N-ethyl adjacent to an activating group) is 1. The Morgan fingerprint density at radius 2 is 1.98 bits per heavy atom. The lowest BCUT2D eigenvalue weighted by molar-refractivity contribution is 0.0768. The highest BCUT2D eigenvalue weighted by Crippen LogP contribution is 2.35. The molecule has 0 bridgehead atoms. The number of likely N-dealkylation sites (tertiary alicyclic amines) is 1. The van der Waals surface area contributed by atoms with Crippen molar-refractivity contribution < 1.29 is 24.2 Å². The minimum absolute atomic E-state index is 0.0891. The van der Waals surface area contributed by atoms with E-state index in [1.807, 2.05) is 35.2 Å². The van der Waals surface area contributed by atoms with Crippen molar-refractivity contribution in [3.63, 3.8) is 0 Å². The molecular weight excluding hydrogens is 528 g/mol. The molecule has 2 N–H and O–H groups in total. The minimum atomic E-state index is -1.10. The molecule has 2 amide bonds. The summed E-state index contributed by atoms with van der Waals surface area (Å²) in [7, 11) is 2.07. The molecule has 1 aromatic heterocycles. The van der Waals surface area contributed by atoms with Crippen LogP contribution in [-0.4, -0.2) is 102 Å². The second-order valence-electron chi connectivity index (χ2n) is 10.5. The zero-order valence-electron chi connectivity index (χ0n) is 23.2. The SMILES string of the molecule is CN1CCC[C@H]1COc1nc2c(c(N3CCN(C(=O)OCc4ccccc4)[C@@H](CC#N)C3)n1)N(C(=O)O)CCNC2. The lowest BCUT2D eigenvalue weighted by Gasteiger charge is -2.41. The van der Waals surface area contributed by atoms with Crippen LogP contribution in [0.4, 0.5) is 21.1 Å². The van der Waals surface area contributed by atoms with Gasteiger partial charge in [0.2, 0.25) is 0 Å². The molecule has 4 heterocycles. The van der Waals surface area contributed by atoms with E-state index >= 15 is 0 Å². The third-order valence-corrected chi connectivity index (χ3v) is 7.85. The fourth-order valence-corrected chi connectivity index (χ4v) is 5.58. The average Bonchev–Trinajstić information content (AvgIpc) is 3.26. The van der Waals surface area contributed by atoms with E-state index < -0.39 is 18.2 Å². The van der Waals surface area contributed by atoms with Crippen molar-refractivity contribution in [3.05, 3.63) is 41.6 Å². The Kier molecular flexibility index (Phi) is 9.01. The number of nitrogens with one attached hydrogen (secondary N) is 1. The van der Waals surface area contributed by atoms with Crippen LogP contribution in [0.2, 0.25) is 0 Å². The van der Waals surface area contributed by atoms with Crippen LogP contribution in [0.25, 0.3) is 0 Å². The molecule has 2 atom stereocenters. The molecule has 1 aromatic carbocycles. The molecule has 218 valence electrons. The Balaban J connectivity index is 1.39. The van der Waals surface area contributed by atoms with E-state index in [9.17, 15) is 20.0 Å². The van der Waals surface area contributed by atoms with Crippen LogP contribution < -0.4 is 19.9 Å². The predicted molar refractivity (Wildman–Crippen MR) is 150 cm³/mol. The first-order chi connectivity index (χ1) is 19.9. The van der Waals surface area contributed by atoms with Crippen molar-refractivity contribution in [2.75, 3.05) is 62.7 Å². The number of hydrogen-bond acceptors (Lipinski definition) is 10. The first-order valence-electron chi connectivity index (χ1n) is 14.0. The molecule has 0 aliphatic carbocycles. The average molecular weight is 565 g/mol. The van der Waals surface area contributed by atoms with E-state index in [0.717, 1.165) is 24.9 Å². The Morgan fingerprint density at radius 1 is 1.15 bits per heavy atom. The second kappa shape index (κ2) is 13.0. The molecular formula is C28H36N8O5. The number of carbonyl (C=O) groups is 2. The van der Waals surface area contributed by atoms with Gasteiger partial charge in [0, 0.05) is 45.3 Å². The molecule has 13 nitrogen and oxygen atoms in total. The number of piperazine rings is 1. The van der Waals surface area contributed by atoms with Gasteiger partial charge in [0.15, 0.2) is 5.82 Å². The molecule has 0 spiro atoms. The zero-order chi connectivity index (χ0) is 28.8. The predicted octanol–water partition coefficient (Wildman–Crippen LogP) is 2.28. The van der Waals surface area contributed by atoms with Crippen LogP contribution in [-0.2, 0) is 17.9 Å². The molecule has 13 heteroatoms. The summed E-state index contributed by atoms with van der Waals surface area (Å²) < 4.78 is 11.6. The lowest BCUT2D eigenvalue weighted by Crippen LogP contribution is -2.55. The number of benzene rings is 1. The van der Waals surface area contributed by atoms with E-state index in [2.05, 4.69) is 28.3 Å². The van der Waals surface area contributed by atoms with Crippen LogP contribution >= 0.6 is 0 Å². The van der Waals surface area contributed by atoms with Crippen LogP contribution in [0.1, 0.15) is 30.5 Å². The summed E-state index contributed by atoms with van der Waals surface area (Å²) in [5, 5.41) is 22.9. The number of carboxylic acid groups (broad SMARTS) is 1. The van der Waals surface area contributed by atoms with Gasteiger partial charge in [-0.15, -0.1) is 0 Å². The highest BCUT2D eigenvalue weighted by molar-refractivity contribution is 5.91. The van der Waals surface area contributed by atoms with Crippen molar-refractivity contribution in [3.8, 4) is 12.1 Å². The summed E-state index contributed by atoms with van der Waals surface area (Å²) in [4.78, 5) is 41.7. The van der Waals surface area contributed by atoms with E-state index in [1.54, 1.807) is 4.90 Å². The van der Waals surface area contributed by atoms with Gasteiger partial charge in [0.25, 0.3) is 0 Å². The van der Waals surface area contributed by atoms with Crippen LogP contribution in [0.3, 0.4) is 0 Å². The van der Waals surface area contributed by atoms with Crippen molar-refractivity contribution in [1.82, 2.24) is 25.1 Å². The van der Waals surface area contributed by atoms with E-state index in [0.29, 0.717) is 43.4 Å². The summed E-state index contributed by atoms with van der Waals surface area (Å²) in [6.45, 7) is 3.58. The fourth-order valence-electron chi connectivity index (χ4n) is 5.58. The molecule has 2 fully saturated rings. The van der Waals surface area contributed by atoms with Gasteiger partial charge >= 0.3 is 18.2 Å². The first kappa shape index (κ1) is 28.4. The lowest BCUT2D eigenvalue weighted by atomic mass is 10.1. The Hall–Kier alpha value is -4.15. The van der Waals surface area contributed by atoms with Crippen LogP contribution in [0, 0.1) is 11.3 Å². The largest absolute Gasteiger partial charge is 0.465 e. The Bertz CT molecular complexity index is 1270. The van der Waals surface area contributed by atoms with Gasteiger partial charge in [-0.25, -0.2) is 9.59 Å². The molecule has 0 unspecified atom stereocenters. The van der Waals surface area contributed by atoms with Gasteiger partial charge in [-0.05, 0) is 32.0 Å². The summed E-state index contributed by atoms with van der Waals surface area (Å²) in [6.07, 6.45) is 0.637. The number of amides is 2. The molecule has 0 radical (unpaired) electrons. The van der Waals surface area contributed by atoms with Gasteiger partial charge in [-0.2, -0.15) is 15.2 Å². The summed E-state index contributed by atoms with van der Waals surface area (Å²) in [6, 6.07) is 11.6. The molecule has 0 saturated carbocycles. The van der Waals surface area contributed by atoms with Crippen molar-refractivity contribution in [2.45, 2.75) is 44.5 Å². The number of fused-ring (bicyclic) bond motifs is 1. The maximum atomic E-state index is 13.0. The number of rotatable bonds is 7. The standard InChI is InChI=1S/C28H36N8O5/c1-33-12-5-8-22(33)19-40-26-31-23-16-30-11-13-36(27(37)38)24(23)25(32-26)34-14-15-35(21(17-34)9-10-29)28(39)41-18-20-6-3-2-4-7-20/h2-4,6-7,21-22,30H,5,8-9,11-19H2,1H3,(H,37,38)/t21-,22-/m0/s1. The van der Waals surface area contributed by atoms with E-state index in [-0.39, 0.29) is 44.7 Å². The van der Waals surface area contributed by atoms with Crippen LogP contribution in [0.5, 0.6) is 6.01 Å². The van der Waals surface area contributed by atoms with Crippen molar-refractivity contribution in [1.29, 1.82) is 5.26 Å². The zero-order valence-corrected chi connectivity index (χ0v) is 23.2. The monoisotopic (exact) mass is 564 g/mol. The van der Waals surface area contributed by atoms with Crippen molar-refractivity contribution in [2.24, 2.45) is 0 Å². The summed E-state index contributed by atoms with van der Waals surface area (Å²) in [5.74, 6) is 0.427. The fraction of sp³-hybridized carbons (Fsp3) is 0.536. The molecule has 41 heavy (non-hydrogen) atoms. The first-order valence-corrected chi connectivity index (χ1v) is 14.0. The second-order valence-corrected chi connectivity index (χ2v) is 10.5. The van der Waals surface area contributed by atoms with Crippen LogP contribution in [0.15, 0.2) is 30.3 Å². The molecule has 3 aliphatic heterocycles. The van der Waals surface area contributed by atoms with E-state index in [4.69, 9.17) is 14.5 Å². The van der Waals surface area contributed by atoms with Gasteiger partial charge in [0.1, 0.15) is 18.9 Å². The van der Waals surface area contributed by atoms with Crippen molar-refractivity contribution >= 4 is 23.7 Å². The molecule has 2 saturated heterocycles. The number of ether oxygens (including phenoxy) is 2. The molecule has 5 rings (SSSR count). The number of hydrogen-bond donors (Lipinski definition) is 2. The third kappa shape index (κ3) is 6.61. The molecule has 2 aromatic rings. The smallest absolute Gasteiger partial charge is 0.412 e. The number of nitriles is 1. The highest BCUT2D eigenvalue weighted by Gasteiger charge is 2.36. The number of aromatic nitrogens is 2. The minimum Gasteiger partial charge on any atom is -0.465 e. The molecule has 3 aliphatic rings. The Labute approximate surface area is 239 Å². The highest BCUT2D eigenvalue weighted by atomic mass is 16.6. The number of anilines is 2. The van der Waals surface area contributed by atoms with Gasteiger partial charge in [0.05, 0.1) is 24.2 Å². The third-order valence-electron chi connectivity index (χ3n) is 7.85. The van der Waals surface area contributed by atoms with Gasteiger partial charge in [-0.1, -0.05) is 30.3 Å². The summed E-state index contributed by atoms with van der Waals surface area (Å²) in [5.41, 5.74) is 1.81. The van der Waals surface area contributed by atoms with Gasteiger partial charge < -0.3 is 34.6 Å².